The topological polar surface area (TPSA) is 85.8 Å². The lowest BCUT2D eigenvalue weighted by Crippen LogP contribution is -2.26. The van der Waals surface area contributed by atoms with Crippen molar-refractivity contribution in [3.8, 4) is 0 Å². The second-order valence-corrected chi connectivity index (χ2v) is 4.45. The van der Waals surface area contributed by atoms with Crippen LogP contribution in [0.3, 0.4) is 0 Å². The van der Waals surface area contributed by atoms with Gasteiger partial charge in [0.1, 0.15) is 16.8 Å². The molecular weight excluding hydrogens is 266 g/mol. The molecule has 2 rings (SSSR count). The van der Waals surface area contributed by atoms with E-state index >= 15 is 0 Å². The van der Waals surface area contributed by atoms with Gasteiger partial charge >= 0.3 is 0 Å². The molecule has 0 saturated heterocycles. The van der Waals surface area contributed by atoms with Crippen LogP contribution in [-0.2, 0) is 13.5 Å². The number of nitrogens with two attached hydrogens (primary N) is 1. The maximum Gasteiger partial charge on any atom is 0.251 e. The van der Waals surface area contributed by atoms with Gasteiger partial charge in [-0.2, -0.15) is 0 Å². The van der Waals surface area contributed by atoms with E-state index in [4.69, 9.17) is 17.3 Å². The zero-order valence-corrected chi connectivity index (χ0v) is 11.2. The van der Waals surface area contributed by atoms with Crippen LogP contribution in [0.25, 0.3) is 0 Å². The summed E-state index contributed by atoms with van der Waals surface area (Å²) in [6.07, 6.45) is 4.24. The number of nitrogens with zero attached hydrogens (tertiary/aromatic N) is 3. The Morgan fingerprint density at radius 1 is 1.53 bits per heavy atom. The maximum absolute atomic E-state index is 11.9. The van der Waals surface area contributed by atoms with E-state index in [-0.39, 0.29) is 16.9 Å². The van der Waals surface area contributed by atoms with E-state index in [0.29, 0.717) is 18.5 Å². The zero-order valence-electron chi connectivity index (χ0n) is 10.4. The molecule has 2 aromatic heterocycles. The molecule has 0 aliphatic heterocycles. The van der Waals surface area contributed by atoms with Crippen molar-refractivity contribution in [2.45, 2.75) is 6.42 Å². The summed E-state index contributed by atoms with van der Waals surface area (Å²) in [4.78, 5) is 19.9. The summed E-state index contributed by atoms with van der Waals surface area (Å²) in [7, 11) is 1.91. The first-order chi connectivity index (χ1) is 9.06. The minimum Gasteiger partial charge on any atom is -0.384 e. The molecule has 1 amide bonds. The first-order valence-corrected chi connectivity index (χ1v) is 6.11. The first kappa shape index (κ1) is 13.4. The van der Waals surface area contributed by atoms with Crippen LogP contribution in [0.1, 0.15) is 16.2 Å². The summed E-state index contributed by atoms with van der Waals surface area (Å²) in [5.74, 6) is 0.902. The smallest absolute Gasteiger partial charge is 0.251 e. The van der Waals surface area contributed by atoms with Crippen LogP contribution in [0.15, 0.2) is 24.5 Å². The molecule has 6 nitrogen and oxygen atoms in total. The number of pyridine rings is 1. The third-order valence-corrected chi connectivity index (χ3v) is 2.82. The Morgan fingerprint density at radius 3 is 2.95 bits per heavy atom. The Morgan fingerprint density at radius 2 is 2.32 bits per heavy atom. The predicted octanol–water partition coefficient (Wildman–Crippen LogP) is 1.02. The number of anilines is 1. The predicted molar refractivity (Wildman–Crippen MR) is 72.9 cm³/mol. The van der Waals surface area contributed by atoms with E-state index in [2.05, 4.69) is 15.3 Å². The molecule has 100 valence electrons. The molecular formula is C12H14ClN5O. The van der Waals surface area contributed by atoms with E-state index in [1.54, 1.807) is 6.20 Å². The fourth-order valence-electron chi connectivity index (χ4n) is 1.68. The van der Waals surface area contributed by atoms with Gasteiger partial charge in [0.25, 0.3) is 5.91 Å². The SMILES string of the molecule is Cn1ccnc1CCNC(=O)c1cc(N)nc(Cl)c1. The van der Waals surface area contributed by atoms with Gasteiger partial charge in [0.05, 0.1) is 0 Å². The van der Waals surface area contributed by atoms with Crippen LogP contribution < -0.4 is 11.1 Å². The van der Waals surface area contributed by atoms with Crippen molar-refractivity contribution in [2.75, 3.05) is 12.3 Å². The fourth-order valence-corrected chi connectivity index (χ4v) is 1.89. The number of halogens is 1. The van der Waals surface area contributed by atoms with Crippen LogP contribution in [0, 0.1) is 0 Å². The van der Waals surface area contributed by atoms with Crippen molar-refractivity contribution < 1.29 is 4.79 Å². The summed E-state index contributed by atoms with van der Waals surface area (Å²) < 4.78 is 1.91. The molecule has 3 N–H and O–H groups in total. The van der Waals surface area contributed by atoms with Gasteiger partial charge in [0.15, 0.2) is 0 Å². The average molecular weight is 280 g/mol. The second kappa shape index (κ2) is 5.71. The number of imidazole rings is 1. The minimum atomic E-state index is -0.231. The van der Waals surface area contributed by atoms with Crippen molar-refractivity contribution in [2.24, 2.45) is 7.05 Å². The van der Waals surface area contributed by atoms with Crippen LogP contribution in [-0.4, -0.2) is 27.0 Å². The summed E-state index contributed by atoms with van der Waals surface area (Å²) >= 11 is 5.75. The third-order valence-electron chi connectivity index (χ3n) is 2.63. The number of carbonyl (C=O) groups excluding carboxylic acids is 1. The van der Waals surface area contributed by atoms with E-state index in [9.17, 15) is 4.79 Å². The summed E-state index contributed by atoms with van der Waals surface area (Å²) in [5.41, 5.74) is 5.93. The molecule has 2 aromatic rings. The monoisotopic (exact) mass is 279 g/mol. The Balaban J connectivity index is 1.92. The van der Waals surface area contributed by atoms with E-state index < -0.39 is 0 Å². The number of aryl methyl sites for hydroxylation is 1. The molecule has 2 heterocycles. The van der Waals surface area contributed by atoms with Gasteiger partial charge in [0, 0.05) is 38.0 Å². The molecule has 7 heteroatoms. The van der Waals surface area contributed by atoms with Gasteiger partial charge in [-0.3, -0.25) is 4.79 Å². The van der Waals surface area contributed by atoms with Gasteiger partial charge in [-0.15, -0.1) is 0 Å². The van der Waals surface area contributed by atoms with Crippen molar-refractivity contribution in [3.63, 3.8) is 0 Å². The molecule has 0 aliphatic carbocycles. The lowest BCUT2D eigenvalue weighted by atomic mass is 10.2. The molecule has 0 aliphatic rings. The quantitative estimate of drug-likeness (QED) is 0.818. The van der Waals surface area contributed by atoms with Crippen LogP contribution >= 0.6 is 11.6 Å². The standard InChI is InChI=1S/C12H14ClN5O/c1-18-5-4-15-11(18)2-3-16-12(19)8-6-9(13)17-10(14)7-8/h4-7H,2-3H2,1H3,(H2,14,17)(H,16,19). The highest BCUT2D eigenvalue weighted by molar-refractivity contribution is 6.29. The van der Waals surface area contributed by atoms with Crippen LogP contribution in [0.5, 0.6) is 0 Å². The third kappa shape index (κ3) is 3.45. The fraction of sp³-hybridized carbons (Fsp3) is 0.250. The minimum absolute atomic E-state index is 0.203. The molecule has 0 unspecified atom stereocenters. The Kier molecular flexibility index (Phi) is 4.01. The summed E-state index contributed by atoms with van der Waals surface area (Å²) in [6, 6.07) is 2.97. The van der Waals surface area contributed by atoms with Gasteiger partial charge in [-0.1, -0.05) is 11.6 Å². The number of hydrogen-bond acceptors (Lipinski definition) is 4. The van der Waals surface area contributed by atoms with Crippen molar-refractivity contribution in [1.29, 1.82) is 0 Å². The van der Waals surface area contributed by atoms with Gasteiger partial charge in [0.2, 0.25) is 0 Å². The van der Waals surface area contributed by atoms with Crippen molar-refractivity contribution in [3.05, 3.63) is 41.1 Å². The molecule has 0 atom stereocenters. The van der Waals surface area contributed by atoms with Crippen LogP contribution in [0.2, 0.25) is 5.15 Å². The largest absolute Gasteiger partial charge is 0.384 e. The van der Waals surface area contributed by atoms with E-state index in [1.165, 1.54) is 12.1 Å². The number of rotatable bonds is 4. The highest BCUT2D eigenvalue weighted by atomic mass is 35.5. The molecule has 0 aromatic carbocycles. The summed E-state index contributed by atoms with van der Waals surface area (Å²) in [6.45, 7) is 0.490. The molecule has 0 radical (unpaired) electrons. The van der Waals surface area contributed by atoms with Crippen molar-refractivity contribution >= 4 is 23.3 Å². The first-order valence-electron chi connectivity index (χ1n) is 5.73. The number of nitrogen functional groups attached to an aromatic ring is 1. The number of aromatic nitrogens is 3. The van der Waals surface area contributed by atoms with Crippen molar-refractivity contribution in [1.82, 2.24) is 19.9 Å². The normalized spacial score (nSPS) is 10.4. The number of amides is 1. The van der Waals surface area contributed by atoms with E-state index in [0.717, 1.165) is 5.82 Å². The lowest BCUT2D eigenvalue weighted by molar-refractivity contribution is 0.0954. The highest BCUT2D eigenvalue weighted by Gasteiger charge is 2.08. The number of carbonyl (C=O) groups is 1. The van der Waals surface area contributed by atoms with Gasteiger partial charge in [-0.05, 0) is 12.1 Å². The highest BCUT2D eigenvalue weighted by Crippen LogP contribution is 2.11. The van der Waals surface area contributed by atoms with Gasteiger partial charge < -0.3 is 15.6 Å². The van der Waals surface area contributed by atoms with Gasteiger partial charge in [-0.25, -0.2) is 9.97 Å². The molecule has 0 bridgehead atoms. The van der Waals surface area contributed by atoms with Crippen LogP contribution in [0.4, 0.5) is 5.82 Å². The molecule has 0 spiro atoms. The molecule has 19 heavy (non-hydrogen) atoms. The average Bonchev–Trinajstić information content (AvgIpc) is 2.74. The zero-order chi connectivity index (χ0) is 13.8. The number of hydrogen-bond donors (Lipinski definition) is 2. The number of nitrogens with one attached hydrogen (secondary N) is 1. The Hall–Kier alpha value is -2.08. The van der Waals surface area contributed by atoms with E-state index in [1.807, 2.05) is 17.8 Å². The summed E-state index contributed by atoms with van der Waals surface area (Å²) in [5, 5.41) is 2.99. The Bertz CT molecular complexity index is 575. The maximum atomic E-state index is 11.9. The lowest BCUT2D eigenvalue weighted by Gasteiger charge is -2.06. The molecule has 0 fully saturated rings. The Labute approximate surface area is 115 Å². The molecule has 0 saturated carbocycles. The second-order valence-electron chi connectivity index (χ2n) is 4.06.